The lowest BCUT2D eigenvalue weighted by molar-refractivity contribution is -0.176. The average Bonchev–Trinajstić information content (AvgIpc) is 2.00. The molecule has 0 unspecified atom stereocenters. The van der Waals surface area contributed by atoms with Crippen LogP contribution >= 0.6 is 0 Å². The molecule has 10 heteroatoms. The maximum absolute atomic E-state index is 11.5. The smallest absolute Gasteiger partial charge is 0.331 e. The van der Waals surface area contributed by atoms with Crippen LogP contribution in [0.15, 0.2) is 0 Å². The Morgan fingerprint density at radius 2 is 1.07 bits per heavy atom. The molecular weight excluding hydrogens is 234 g/mol. The molecule has 0 fully saturated rings. The lowest BCUT2D eigenvalue weighted by atomic mass is 10.5. The molecule has 2 N–H and O–H groups in total. The highest BCUT2D eigenvalue weighted by atomic mass is 19.4. The van der Waals surface area contributed by atoms with Crippen molar-refractivity contribution in [3.8, 4) is 0 Å². The maximum Gasteiger partial charge on any atom is 0.471 e. The van der Waals surface area contributed by atoms with Gasteiger partial charge in [0.2, 0.25) is 0 Å². The van der Waals surface area contributed by atoms with Crippen LogP contribution in [0.3, 0.4) is 0 Å². The highest BCUT2D eigenvalue weighted by Gasteiger charge is 2.40. The summed E-state index contributed by atoms with van der Waals surface area (Å²) in [5.74, 6) is -4.88. The van der Waals surface area contributed by atoms with E-state index >= 15 is 0 Å². The molecule has 0 atom stereocenters. The fraction of sp³-hybridized carbons (Fsp3) is 0.600. The molecule has 0 aromatic heterocycles. The topological polar surface area (TPSA) is 58.2 Å². The van der Waals surface area contributed by atoms with Crippen LogP contribution < -0.4 is 10.6 Å². The Morgan fingerprint density at radius 3 is 1.27 bits per heavy atom. The van der Waals surface area contributed by atoms with E-state index in [-0.39, 0.29) is 0 Å². The molecule has 4 nitrogen and oxygen atoms in total. The molecule has 0 spiro atoms. The summed E-state index contributed by atoms with van der Waals surface area (Å²) in [7, 11) is 0. The molecule has 0 radical (unpaired) electrons. The lowest BCUT2D eigenvalue weighted by Crippen LogP contribution is -2.46. The number of hydrogen-bond acceptors (Lipinski definition) is 2. The molecule has 0 saturated heterocycles. The van der Waals surface area contributed by atoms with Gasteiger partial charge in [0.1, 0.15) is 0 Å². The molecule has 2 amide bonds. The van der Waals surface area contributed by atoms with E-state index in [0.29, 0.717) is 0 Å². The van der Waals surface area contributed by atoms with E-state index < -0.39 is 30.8 Å². The molecule has 0 saturated carbocycles. The van der Waals surface area contributed by atoms with Gasteiger partial charge < -0.3 is 10.6 Å². The quantitative estimate of drug-likeness (QED) is 0.537. The molecule has 15 heavy (non-hydrogen) atoms. The van der Waals surface area contributed by atoms with E-state index in [1.165, 1.54) is 0 Å². The van der Waals surface area contributed by atoms with Gasteiger partial charge in [0, 0.05) is 0 Å². The summed E-state index contributed by atoms with van der Waals surface area (Å²) in [5, 5.41) is 2.06. The normalized spacial score (nSPS) is 12.1. The monoisotopic (exact) mass is 238 g/mol. The van der Waals surface area contributed by atoms with Gasteiger partial charge >= 0.3 is 24.2 Å². The molecule has 0 rings (SSSR count). The molecule has 88 valence electrons. The molecule has 0 aliphatic heterocycles. The lowest BCUT2D eigenvalue weighted by Gasteiger charge is -2.10. The van der Waals surface area contributed by atoms with Crippen molar-refractivity contribution >= 4 is 11.8 Å². The fourth-order valence-electron chi connectivity index (χ4n) is 0.405. The van der Waals surface area contributed by atoms with Crippen LogP contribution in [0.2, 0.25) is 0 Å². The van der Waals surface area contributed by atoms with Crippen molar-refractivity contribution in [2.75, 3.05) is 6.67 Å². The molecule has 0 bridgehead atoms. The predicted molar refractivity (Wildman–Crippen MR) is 33.3 cm³/mol. The first-order chi connectivity index (χ1) is 6.55. The first-order valence-corrected chi connectivity index (χ1v) is 3.25. The van der Waals surface area contributed by atoms with Crippen LogP contribution in [-0.4, -0.2) is 30.8 Å². The number of alkyl halides is 6. The highest BCUT2D eigenvalue weighted by molar-refractivity contribution is 5.84. The predicted octanol–water partition coefficient (Wildman–Crippen LogP) is 0.301. The van der Waals surface area contributed by atoms with Crippen LogP contribution in [0.1, 0.15) is 0 Å². The Bertz CT molecular complexity index is 231. The first kappa shape index (κ1) is 13.5. The van der Waals surface area contributed by atoms with Crippen LogP contribution in [0, 0.1) is 0 Å². The maximum atomic E-state index is 11.5. The van der Waals surface area contributed by atoms with E-state index in [1.807, 2.05) is 0 Å². The Hall–Kier alpha value is -1.48. The fourth-order valence-corrected chi connectivity index (χ4v) is 0.405. The minimum atomic E-state index is -5.21. The van der Waals surface area contributed by atoms with Gasteiger partial charge in [-0.3, -0.25) is 9.59 Å². The van der Waals surface area contributed by atoms with Gasteiger partial charge in [-0.15, -0.1) is 0 Å². The average molecular weight is 238 g/mol. The highest BCUT2D eigenvalue weighted by Crippen LogP contribution is 2.14. The van der Waals surface area contributed by atoms with Crippen LogP contribution in [0.4, 0.5) is 26.3 Å². The number of rotatable bonds is 2. The van der Waals surface area contributed by atoms with Crippen LogP contribution in [-0.2, 0) is 9.59 Å². The van der Waals surface area contributed by atoms with Gasteiger partial charge in [0.05, 0.1) is 6.67 Å². The number of amides is 2. The third-order valence-corrected chi connectivity index (χ3v) is 1.01. The van der Waals surface area contributed by atoms with Crippen molar-refractivity contribution in [1.82, 2.24) is 10.6 Å². The van der Waals surface area contributed by atoms with Gasteiger partial charge in [0.15, 0.2) is 0 Å². The van der Waals surface area contributed by atoms with Crippen molar-refractivity contribution in [3.05, 3.63) is 0 Å². The third kappa shape index (κ3) is 5.08. The summed E-state index contributed by atoms with van der Waals surface area (Å²) in [5.41, 5.74) is 0. The summed E-state index contributed by atoms with van der Waals surface area (Å²) in [6.45, 7) is -1.25. The van der Waals surface area contributed by atoms with Crippen molar-refractivity contribution in [2.24, 2.45) is 0 Å². The van der Waals surface area contributed by atoms with Crippen LogP contribution in [0.25, 0.3) is 0 Å². The number of carbonyl (C=O) groups is 2. The standard InChI is InChI=1S/C5H4F6N2O2/c6-4(7,8)2(14)12-1-13-3(15)5(9,10)11/h1H2,(H,12,14)(H,13,15). The van der Waals surface area contributed by atoms with E-state index in [0.717, 1.165) is 10.6 Å². The number of hydrogen-bond donors (Lipinski definition) is 2. The largest absolute Gasteiger partial charge is 0.471 e. The number of nitrogens with one attached hydrogen (secondary N) is 2. The number of carbonyl (C=O) groups excluding carboxylic acids is 2. The first-order valence-electron chi connectivity index (χ1n) is 3.25. The van der Waals surface area contributed by atoms with Crippen molar-refractivity contribution in [2.45, 2.75) is 12.4 Å². The van der Waals surface area contributed by atoms with E-state index in [2.05, 4.69) is 0 Å². The number of halogens is 6. The van der Waals surface area contributed by atoms with Gasteiger partial charge in [-0.1, -0.05) is 0 Å². The molecule has 0 aromatic carbocycles. The van der Waals surface area contributed by atoms with Gasteiger partial charge in [-0.2, -0.15) is 26.3 Å². The molecule has 0 heterocycles. The zero-order chi connectivity index (χ0) is 12.3. The second-order valence-corrected chi connectivity index (χ2v) is 2.18. The second-order valence-electron chi connectivity index (χ2n) is 2.18. The van der Waals surface area contributed by atoms with Crippen molar-refractivity contribution < 1.29 is 35.9 Å². The minimum absolute atomic E-state index is 1.03. The Kier molecular flexibility index (Phi) is 3.93. The van der Waals surface area contributed by atoms with E-state index in [1.54, 1.807) is 0 Å². The molecular formula is C5H4F6N2O2. The molecule has 0 aromatic rings. The van der Waals surface area contributed by atoms with Gasteiger partial charge in [0.25, 0.3) is 0 Å². The Morgan fingerprint density at radius 1 is 0.800 bits per heavy atom. The second kappa shape index (κ2) is 4.36. The zero-order valence-electron chi connectivity index (χ0n) is 6.79. The SMILES string of the molecule is O=C(NCNC(=O)C(F)(F)F)C(F)(F)F. The summed E-state index contributed by atoms with van der Waals surface area (Å²) in [6.07, 6.45) is -10.4. The molecule has 0 aliphatic rings. The van der Waals surface area contributed by atoms with Crippen molar-refractivity contribution in [3.63, 3.8) is 0 Å². The minimum Gasteiger partial charge on any atom is -0.331 e. The summed E-state index contributed by atoms with van der Waals surface area (Å²) < 4.78 is 68.8. The third-order valence-electron chi connectivity index (χ3n) is 1.01. The van der Waals surface area contributed by atoms with E-state index in [4.69, 9.17) is 0 Å². The van der Waals surface area contributed by atoms with E-state index in [9.17, 15) is 35.9 Å². The molecule has 0 aliphatic carbocycles. The Labute approximate surface area is 78.6 Å². The Balaban J connectivity index is 3.92. The summed E-state index contributed by atoms with van der Waals surface area (Å²) in [4.78, 5) is 20.1. The summed E-state index contributed by atoms with van der Waals surface area (Å²) >= 11 is 0. The van der Waals surface area contributed by atoms with Crippen LogP contribution in [0.5, 0.6) is 0 Å². The van der Waals surface area contributed by atoms with Gasteiger partial charge in [-0.25, -0.2) is 0 Å². The van der Waals surface area contributed by atoms with Crippen molar-refractivity contribution in [1.29, 1.82) is 0 Å². The van der Waals surface area contributed by atoms with Gasteiger partial charge in [-0.05, 0) is 0 Å². The summed E-state index contributed by atoms with van der Waals surface area (Å²) in [6, 6.07) is 0. The zero-order valence-corrected chi connectivity index (χ0v) is 6.79.